The highest BCUT2D eigenvalue weighted by Gasteiger charge is 2.48. The lowest BCUT2D eigenvalue weighted by Crippen LogP contribution is -2.55. The van der Waals surface area contributed by atoms with E-state index >= 15 is 0 Å². The average Bonchev–Trinajstić information content (AvgIpc) is 4.15. The van der Waals surface area contributed by atoms with E-state index in [9.17, 15) is 32.7 Å². The Kier molecular flexibility index (Phi) is 17.1. The van der Waals surface area contributed by atoms with Gasteiger partial charge < -0.3 is 44.1 Å². The molecule has 1 aromatic heterocycles. The third-order valence-corrected chi connectivity index (χ3v) is 15.7. The number of alkyl halides is 3. The fourth-order valence-corrected chi connectivity index (χ4v) is 11.3. The maximum Gasteiger partial charge on any atom is 0.417 e. The van der Waals surface area contributed by atoms with Crippen LogP contribution in [0.3, 0.4) is 0 Å². The predicted octanol–water partition coefficient (Wildman–Crippen LogP) is 9.55. The number of carbonyl (C=O) groups excluding carboxylic acids is 3. The minimum absolute atomic E-state index is 0.0264. The number of thiocarbonyl (C=S) groups is 1. The van der Waals surface area contributed by atoms with Gasteiger partial charge in [0.2, 0.25) is 11.8 Å². The number of terminal acetylenes is 1. The van der Waals surface area contributed by atoms with E-state index in [4.69, 9.17) is 37.6 Å². The lowest BCUT2D eigenvalue weighted by molar-refractivity contribution is -0.143. The summed E-state index contributed by atoms with van der Waals surface area (Å²) in [5.41, 5.74) is 5.06. The molecule has 0 bridgehead atoms. The Bertz CT molecular complexity index is 3070. The van der Waals surface area contributed by atoms with Crippen LogP contribution in [-0.2, 0) is 38.3 Å². The number of nitrogens with one attached hydrogen (secondary N) is 1. The maximum absolute atomic E-state index is 14.3. The molecule has 19 heteroatoms. The summed E-state index contributed by atoms with van der Waals surface area (Å²) in [6, 6.07) is 22.2. The van der Waals surface area contributed by atoms with Crippen LogP contribution < -0.4 is 24.6 Å². The molecule has 4 heterocycles. The largest absolute Gasteiger partial charge is 0.491 e. The number of halogens is 3. The predicted molar refractivity (Wildman–Crippen MR) is 294 cm³/mol. The molecular weight excluding hydrogens is 1030 g/mol. The summed E-state index contributed by atoms with van der Waals surface area (Å²) in [4.78, 5) is 53.5. The number of aromatic nitrogens is 1. The zero-order valence-electron chi connectivity index (χ0n) is 44.1. The first-order chi connectivity index (χ1) is 36.6. The van der Waals surface area contributed by atoms with E-state index in [0.29, 0.717) is 34.0 Å². The second kappa shape index (κ2) is 23.4. The number of thiazole rings is 1. The number of aryl methyl sites for hydroxylation is 1. The van der Waals surface area contributed by atoms with Crippen molar-refractivity contribution in [1.82, 2.24) is 20.1 Å². The fourth-order valence-electron chi connectivity index (χ4n) is 9.94. The summed E-state index contributed by atoms with van der Waals surface area (Å²) in [5, 5.41) is 14.0. The number of ether oxygens (including phenoxy) is 4. The average molecular weight is 1090 g/mol. The van der Waals surface area contributed by atoms with Gasteiger partial charge in [0.1, 0.15) is 36.8 Å². The number of likely N-dealkylation sites (tertiary alicyclic amines) is 1. The topological polar surface area (TPSA) is 146 Å². The van der Waals surface area contributed by atoms with Crippen molar-refractivity contribution in [2.45, 2.75) is 110 Å². The Hall–Kier alpha value is -6.82. The molecule has 77 heavy (non-hydrogen) atoms. The van der Waals surface area contributed by atoms with Crippen LogP contribution in [0.15, 0.2) is 103 Å². The normalized spacial score (nSPS) is 18.4. The molecule has 0 spiro atoms. The Balaban J connectivity index is 0.822. The summed E-state index contributed by atoms with van der Waals surface area (Å²) in [5.74, 6) is 1.93. The Labute approximate surface area is 456 Å². The van der Waals surface area contributed by atoms with Crippen LogP contribution in [0.1, 0.15) is 86.3 Å². The highest BCUT2D eigenvalue weighted by Crippen LogP contribution is 2.44. The second-order valence-corrected chi connectivity index (χ2v) is 21.4. The molecular formula is C58H63F3N6O8S2. The molecule has 2 saturated heterocycles. The van der Waals surface area contributed by atoms with Gasteiger partial charge >= 0.3 is 6.18 Å². The molecule has 14 nitrogen and oxygen atoms in total. The standard InChI is InChI=1S/C58H63F3N6O8S2/c1-10-39-17-18-44(28-48(39)58(59,60)61)66-38(7)57(8,9)67(56(66)76)43-19-21-46(22-20-43)74-25-23-72-36(5)37(6)73-24-26-75-50-27-40(52-35(4)63-33-77-52)15-16-41(50)30-62-53(69)49-29-45(68)32-64(49)55(71)51(34(2)3)65-31-42-13-11-12-14-47(42)54(65)70/h1,11-22,27-28,33-34,36-37,45,49,51,68H,7,23-26,29-32H2,2-6,8-9H3,(H,62,69)/t36-,37-,45-,49+,51?/m1/s1. The van der Waals surface area contributed by atoms with Gasteiger partial charge in [-0.1, -0.05) is 56.7 Å². The first-order valence-corrected chi connectivity index (χ1v) is 26.7. The summed E-state index contributed by atoms with van der Waals surface area (Å²) < 4.78 is 66.3. The third-order valence-electron chi connectivity index (χ3n) is 14.3. The first kappa shape index (κ1) is 56.4. The summed E-state index contributed by atoms with van der Waals surface area (Å²) in [6.45, 7) is 18.7. The van der Waals surface area contributed by atoms with Crippen molar-refractivity contribution in [3.63, 3.8) is 0 Å². The maximum atomic E-state index is 14.3. The number of β-amino-alcohol motifs (C(OH)–C–C–N with tert-alkyl or cyclic N) is 1. The SMILES string of the molecule is C#Cc1ccc(N2C(=C)C(C)(C)N(c3ccc(OCCO[C@H](C)[C@@H](C)OCCOc4cc(-c5scnc5C)ccc4CNC(=O)[C@@H]4C[C@@H](O)CN4C(=O)C(C(C)C)N4Cc5ccccc5C4=O)cc3)C2=S)cc1C(F)(F)F. The molecule has 0 aliphatic carbocycles. The summed E-state index contributed by atoms with van der Waals surface area (Å²) in [6.07, 6.45) is -0.759. The minimum atomic E-state index is -4.65. The van der Waals surface area contributed by atoms with Crippen molar-refractivity contribution in [1.29, 1.82) is 0 Å². The smallest absolute Gasteiger partial charge is 0.417 e. The number of anilines is 2. The van der Waals surface area contributed by atoms with Crippen molar-refractivity contribution in [3.05, 3.63) is 136 Å². The van der Waals surface area contributed by atoms with E-state index < -0.39 is 41.4 Å². The monoisotopic (exact) mass is 1090 g/mol. The van der Waals surface area contributed by atoms with Gasteiger partial charge in [-0.3, -0.25) is 19.3 Å². The van der Waals surface area contributed by atoms with Crippen molar-refractivity contribution < 1.29 is 51.6 Å². The molecule has 3 aliphatic rings. The molecule has 0 saturated carbocycles. The number of benzene rings is 4. The zero-order valence-corrected chi connectivity index (χ0v) is 45.7. The van der Waals surface area contributed by atoms with Gasteiger partial charge in [-0.05, 0) is 118 Å². The molecule has 8 rings (SSSR count). The van der Waals surface area contributed by atoms with Crippen molar-refractivity contribution in [3.8, 4) is 34.3 Å². The second-order valence-electron chi connectivity index (χ2n) is 20.2. The lowest BCUT2D eigenvalue weighted by atomic mass is 9.99. The number of carbonyl (C=O) groups is 3. The summed E-state index contributed by atoms with van der Waals surface area (Å²) >= 11 is 7.35. The molecule has 5 aromatic rings. The molecule has 406 valence electrons. The van der Waals surface area contributed by atoms with E-state index in [0.717, 1.165) is 27.8 Å². The van der Waals surface area contributed by atoms with Gasteiger partial charge in [0, 0.05) is 59.8 Å². The molecule has 0 radical (unpaired) electrons. The van der Waals surface area contributed by atoms with E-state index in [-0.39, 0.29) is 98.8 Å². The van der Waals surface area contributed by atoms with Crippen molar-refractivity contribution in [2.24, 2.45) is 5.92 Å². The molecule has 3 amide bonds. The van der Waals surface area contributed by atoms with E-state index in [1.165, 1.54) is 33.3 Å². The van der Waals surface area contributed by atoms with Crippen LogP contribution in [0.4, 0.5) is 24.5 Å². The van der Waals surface area contributed by atoms with E-state index in [1.807, 2.05) is 95.8 Å². The molecule has 4 aromatic carbocycles. The van der Waals surface area contributed by atoms with Gasteiger partial charge in [-0.15, -0.1) is 17.8 Å². The number of amides is 3. The van der Waals surface area contributed by atoms with Crippen LogP contribution >= 0.6 is 23.6 Å². The molecule has 5 atom stereocenters. The number of hydrogen-bond acceptors (Lipinski definition) is 11. The number of nitrogens with zero attached hydrogens (tertiary/aromatic N) is 5. The minimum Gasteiger partial charge on any atom is -0.491 e. The fraction of sp³-hybridized carbons (Fsp3) is 0.397. The number of rotatable bonds is 20. The molecule has 1 unspecified atom stereocenters. The van der Waals surface area contributed by atoms with E-state index in [1.54, 1.807) is 34.7 Å². The van der Waals surface area contributed by atoms with Crippen LogP contribution in [0, 0.1) is 25.2 Å². The van der Waals surface area contributed by atoms with Gasteiger partial charge in [-0.25, -0.2) is 4.98 Å². The van der Waals surface area contributed by atoms with Gasteiger partial charge in [0.05, 0.1) is 58.7 Å². The number of fused-ring (bicyclic) bond motifs is 1. The summed E-state index contributed by atoms with van der Waals surface area (Å²) in [7, 11) is 0. The Morgan fingerprint density at radius 1 is 0.961 bits per heavy atom. The van der Waals surface area contributed by atoms with Crippen LogP contribution in [0.5, 0.6) is 11.5 Å². The highest BCUT2D eigenvalue weighted by molar-refractivity contribution is 7.81. The van der Waals surface area contributed by atoms with Crippen LogP contribution in [0.25, 0.3) is 10.4 Å². The highest BCUT2D eigenvalue weighted by atomic mass is 32.1. The zero-order chi connectivity index (χ0) is 55.5. The Morgan fingerprint density at radius 3 is 2.27 bits per heavy atom. The van der Waals surface area contributed by atoms with Gasteiger partial charge in [-0.2, -0.15) is 13.2 Å². The van der Waals surface area contributed by atoms with Crippen LogP contribution in [0.2, 0.25) is 0 Å². The lowest BCUT2D eigenvalue weighted by Gasteiger charge is -2.35. The van der Waals surface area contributed by atoms with Crippen molar-refractivity contribution >= 4 is 57.8 Å². The molecule has 2 N–H and O–H groups in total. The number of aliphatic hydroxyl groups is 1. The van der Waals surface area contributed by atoms with Gasteiger partial charge in [0.15, 0.2) is 5.11 Å². The van der Waals surface area contributed by atoms with E-state index in [2.05, 4.69) is 22.8 Å². The third kappa shape index (κ3) is 12.0. The Morgan fingerprint density at radius 2 is 1.64 bits per heavy atom. The molecule has 2 fully saturated rings. The molecule has 3 aliphatic heterocycles. The van der Waals surface area contributed by atoms with Crippen molar-refractivity contribution in [2.75, 3.05) is 42.8 Å². The number of hydrogen-bond donors (Lipinski definition) is 2. The quantitative estimate of drug-likeness (QED) is 0.0435. The van der Waals surface area contributed by atoms with Gasteiger partial charge in [0.25, 0.3) is 5.91 Å². The number of aliphatic hydroxyl groups excluding tert-OH is 1. The van der Waals surface area contributed by atoms with Crippen LogP contribution in [-0.4, -0.2) is 112 Å². The first-order valence-electron chi connectivity index (χ1n) is 25.4.